The predicted molar refractivity (Wildman–Crippen MR) is 193 cm³/mol. The molecule has 10 rings (SSSR count). The van der Waals surface area contributed by atoms with Gasteiger partial charge in [-0.3, -0.25) is 0 Å². The van der Waals surface area contributed by atoms with Crippen molar-refractivity contribution in [1.29, 1.82) is 0 Å². The first-order valence-electron chi connectivity index (χ1n) is 16.3. The maximum atomic E-state index is 6.82. The monoisotopic (exact) mass is 612 g/mol. The lowest BCUT2D eigenvalue weighted by molar-refractivity contribution is 0.436. The van der Waals surface area contributed by atoms with E-state index in [0.29, 0.717) is 5.82 Å². The van der Waals surface area contributed by atoms with Crippen LogP contribution in [0.2, 0.25) is 0 Å². The summed E-state index contributed by atoms with van der Waals surface area (Å²) >= 11 is 0. The summed E-state index contributed by atoms with van der Waals surface area (Å²) in [6.45, 7) is 0. The standard InChI is InChI=1S/C45H28N2O/c1-3-13-29(14-4-1)40-28-41(30-15-5-2-6-16-30)47-44(46-40)33-23-24-38-43(27-33)48-42-22-12-11-21-37(42)45(38)36-20-10-9-19-34(36)35-25-31-17-7-8-18-32(31)26-39(35)45/h1-28H. The maximum absolute atomic E-state index is 6.82. The lowest BCUT2D eigenvalue weighted by Gasteiger charge is -2.39. The summed E-state index contributed by atoms with van der Waals surface area (Å²) in [6.07, 6.45) is 0. The molecule has 1 atom stereocenters. The molecule has 48 heavy (non-hydrogen) atoms. The molecule has 0 fully saturated rings. The number of hydrogen-bond donors (Lipinski definition) is 0. The predicted octanol–water partition coefficient (Wildman–Crippen LogP) is 11.1. The van der Waals surface area contributed by atoms with E-state index in [1.807, 2.05) is 36.4 Å². The van der Waals surface area contributed by atoms with Crippen LogP contribution in [0.4, 0.5) is 0 Å². The average Bonchev–Trinajstić information content (AvgIpc) is 3.44. The second-order valence-electron chi connectivity index (χ2n) is 12.5. The van der Waals surface area contributed by atoms with Gasteiger partial charge in [0, 0.05) is 27.8 Å². The summed E-state index contributed by atoms with van der Waals surface area (Å²) in [4.78, 5) is 10.2. The second kappa shape index (κ2) is 10.3. The van der Waals surface area contributed by atoms with Crippen LogP contribution in [0.5, 0.6) is 11.5 Å². The molecule has 8 aromatic rings. The topological polar surface area (TPSA) is 35.0 Å². The van der Waals surface area contributed by atoms with E-state index in [9.17, 15) is 0 Å². The van der Waals surface area contributed by atoms with Crippen LogP contribution in [0.15, 0.2) is 170 Å². The molecule has 2 heterocycles. The summed E-state index contributed by atoms with van der Waals surface area (Å²) in [5.41, 5.74) is 11.6. The minimum absolute atomic E-state index is 0.541. The minimum atomic E-state index is -0.541. The molecule has 0 amide bonds. The summed E-state index contributed by atoms with van der Waals surface area (Å²) in [6, 6.07) is 60.0. The number of aromatic nitrogens is 2. The molecule has 0 saturated heterocycles. The van der Waals surface area contributed by atoms with Crippen LogP contribution in [0.25, 0.3) is 55.8 Å². The molecule has 1 aromatic heterocycles. The zero-order chi connectivity index (χ0) is 31.7. The van der Waals surface area contributed by atoms with E-state index in [-0.39, 0.29) is 0 Å². The van der Waals surface area contributed by atoms with Crippen molar-refractivity contribution in [2.24, 2.45) is 0 Å². The molecule has 1 spiro atoms. The van der Waals surface area contributed by atoms with Gasteiger partial charge in [0.1, 0.15) is 11.5 Å². The highest BCUT2D eigenvalue weighted by atomic mass is 16.5. The second-order valence-corrected chi connectivity index (χ2v) is 12.5. The third kappa shape index (κ3) is 3.88. The Hall–Kier alpha value is -6.32. The van der Waals surface area contributed by atoms with Crippen molar-refractivity contribution in [2.75, 3.05) is 0 Å². The van der Waals surface area contributed by atoms with Crippen LogP contribution < -0.4 is 4.74 Å². The Morgan fingerprint density at radius 1 is 0.375 bits per heavy atom. The van der Waals surface area contributed by atoms with Gasteiger partial charge in [0.25, 0.3) is 0 Å². The molecule has 0 saturated carbocycles. The summed E-state index contributed by atoms with van der Waals surface area (Å²) < 4.78 is 6.82. The Balaban J connectivity index is 1.23. The van der Waals surface area contributed by atoms with Crippen molar-refractivity contribution >= 4 is 10.8 Å². The molecular weight excluding hydrogens is 585 g/mol. The quantitative estimate of drug-likeness (QED) is 0.199. The highest BCUT2D eigenvalue weighted by Crippen LogP contribution is 2.62. The molecular formula is C45H28N2O. The van der Waals surface area contributed by atoms with Crippen LogP contribution in [-0.2, 0) is 5.41 Å². The van der Waals surface area contributed by atoms with Crippen molar-refractivity contribution in [1.82, 2.24) is 9.97 Å². The smallest absolute Gasteiger partial charge is 0.160 e. The van der Waals surface area contributed by atoms with Crippen LogP contribution in [-0.4, -0.2) is 9.97 Å². The molecule has 3 heteroatoms. The number of ether oxygens (including phenoxy) is 1. The van der Waals surface area contributed by atoms with Gasteiger partial charge < -0.3 is 4.74 Å². The highest BCUT2D eigenvalue weighted by molar-refractivity contribution is 5.97. The molecule has 0 bridgehead atoms. The highest BCUT2D eigenvalue weighted by Gasteiger charge is 2.51. The first-order chi connectivity index (χ1) is 23.8. The van der Waals surface area contributed by atoms with Gasteiger partial charge in [-0.15, -0.1) is 0 Å². The Bertz CT molecular complexity index is 2480. The third-order valence-corrected chi connectivity index (χ3v) is 9.93. The Labute approximate surface area is 278 Å². The van der Waals surface area contributed by atoms with E-state index in [1.165, 1.54) is 33.0 Å². The molecule has 0 N–H and O–H groups in total. The van der Waals surface area contributed by atoms with Gasteiger partial charge in [0.2, 0.25) is 0 Å². The van der Waals surface area contributed by atoms with E-state index < -0.39 is 5.41 Å². The van der Waals surface area contributed by atoms with Gasteiger partial charge in [-0.1, -0.05) is 140 Å². The van der Waals surface area contributed by atoms with E-state index >= 15 is 0 Å². The van der Waals surface area contributed by atoms with Crippen molar-refractivity contribution in [3.63, 3.8) is 0 Å². The first kappa shape index (κ1) is 26.9. The SMILES string of the molecule is c1ccc(-c2cc(-c3ccccc3)nc(-c3ccc4c(c3)Oc3ccccc3C43c4ccccc4-c4cc5ccccc5cc43)n2)cc1. The van der Waals surface area contributed by atoms with Crippen LogP contribution >= 0.6 is 0 Å². The zero-order valence-electron chi connectivity index (χ0n) is 26.0. The number of rotatable bonds is 3. The average molecular weight is 613 g/mol. The number of fused-ring (bicyclic) bond motifs is 10. The number of para-hydroxylation sites is 1. The molecule has 7 aromatic carbocycles. The van der Waals surface area contributed by atoms with E-state index in [0.717, 1.165) is 50.7 Å². The van der Waals surface area contributed by atoms with E-state index in [2.05, 4.69) is 133 Å². The maximum Gasteiger partial charge on any atom is 0.160 e. The van der Waals surface area contributed by atoms with Gasteiger partial charge in [0.15, 0.2) is 5.82 Å². The van der Waals surface area contributed by atoms with Gasteiger partial charge in [-0.25, -0.2) is 9.97 Å². The lowest BCUT2D eigenvalue weighted by Crippen LogP contribution is -2.32. The Morgan fingerprint density at radius 3 is 1.69 bits per heavy atom. The molecule has 1 unspecified atom stereocenters. The van der Waals surface area contributed by atoms with Crippen LogP contribution in [0.1, 0.15) is 22.3 Å². The number of benzene rings is 7. The summed E-state index contributed by atoms with van der Waals surface area (Å²) in [7, 11) is 0. The van der Waals surface area contributed by atoms with Gasteiger partial charge >= 0.3 is 0 Å². The van der Waals surface area contributed by atoms with E-state index in [1.54, 1.807) is 0 Å². The van der Waals surface area contributed by atoms with Gasteiger partial charge in [0.05, 0.1) is 16.8 Å². The fraction of sp³-hybridized carbons (Fsp3) is 0.0222. The number of nitrogens with zero attached hydrogens (tertiary/aromatic N) is 2. The van der Waals surface area contributed by atoms with Crippen molar-refractivity contribution in [2.45, 2.75) is 5.41 Å². The third-order valence-electron chi connectivity index (χ3n) is 9.93. The Morgan fingerprint density at radius 2 is 0.958 bits per heavy atom. The Kier molecular flexibility index (Phi) is 5.79. The van der Waals surface area contributed by atoms with Crippen molar-refractivity contribution in [3.8, 4) is 56.5 Å². The molecule has 2 aliphatic rings. The van der Waals surface area contributed by atoms with Crippen molar-refractivity contribution < 1.29 is 4.74 Å². The largest absolute Gasteiger partial charge is 0.457 e. The molecule has 224 valence electrons. The minimum Gasteiger partial charge on any atom is -0.457 e. The molecule has 1 aliphatic heterocycles. The molecule has 1 aliphatic carbocycles. The first-order valence-corrected chi connectivity index (χ1v) is 16.3. The van der Waals surface area contributed by atoms with Crippen molar-refractivity contribution in [3.05, 3.63) is 192 Å². The van der Waals surface area contributed by atoms with Gasteiger partial charge in [-0.2, -0.15) is 0 Å². The lowest BCUT2D eigenvalue weighted by atomic mass is 9.66. The molecule has 3 nitrogen and oxygen atoms in total. The summed E-state index contributed by atoms with van der Waals surface area (Å²) in [5.74, 6) is 2.34. The van der Waals surface area contributed by atoms with Gasteiger partial charge in [-0.05, 0) is 63.4 Å². The van der Waals surface area contributed by atoms with Crippen LogP contribution in [0.3, 0.4) is 0 Å². The summed E-state index contributed by atoms with van der Waals surface area (Å²) in [5, 5.41) is 2.47. The fourth-order valence-electron chi connectivity index (χ4n) is 7.82. The normalized spacial score (nSPS) is 15.3. The van der Waals surface area contributed by atoms with E-state index in [4.69, 9.17) is 14.7 Å². The zero-order valence-corrected chi connectivity index (χ0v) is 26.0. The van der Waals surface area contributed by atoms with Crippen LogP contribution in [0, 0.1) is 0 Å². The number of hydrogen-bond acceptors (Lipinski definition) is 3. The molecule has 0 radical (unpaired) electrons. The fourth-order valence-corrected chi connectivity index (χ4v) is 7.82.